The normalized spacial score (nSPS) is 23.8. The van der Waals surface area contributed by atoms with Crippen LogP contribution in [0.3, 0.4) is 0 Å². The Morgan fingerprint density at radius 1 is 1.55 bits per heavy atom. The largest absolute Gasteiger partial charge is 0.388 e. The number of aromatic nitrogens is 2. The highest BCUT2D eigenvalue weighted by molar-refractivity contribution is 5.76. The topological polar surface area (TPSA) is 61.6 Å². The van der Waals surface area contributed by atoms with Crippen LogP contribution in [0.2, 0.25) is 0 Å². The molecule has 2 heterocycles. The molecule has 0 spiro atoms. The summed E-state index contributed by atoms with van der Waals surface area (Å²) < 4.78 is 1.78. The first-order chi connectivity index (χ1) is 9.38. The van der Waals surface area contributed by atoms with Crippen LogP contribution in [0.4, 0.5) is 0 Å². The van der Waals surface area contributed by atoms with Crippen LogP contribution in [0.25, 0.3) is 0 Å². The molecular weight excluding hydrogens is 256 g/mol. The van der Waals surface area contributed by atoms with Crippen LogP contribution in [0.15, 0.2) is 12.4 Å². The first-order valence-corrected chi connectivity index (χ1v) is 7.00. The molecule has 2 rings (SSSR count). The van der Waals surface area contributed by atoms with Gasteiger partial charge in [0.2, 0.25) is 5.91 Å². The quantitative estimate of drug-likeness (QED) is 0.857. The van der Waals surface area contributed by atoms with E-state index in [0.29, 0.717) is 13.0 Å². The van der Waals surface area contributed by atoms with E-state index in [0.717, 1.165) is 25.1 Å². The summed E-state index contributed by atoms with van der Waals surface area (Å²) in [6, 6.07) is 0. The summed E-state index contributed by atoms with van der Waals surface area (Å²) in [4.78, 5) is 15.6. The second kappa shape index (κ2) is 5.93. The fourth-order valence-electron chi connectivity index (χ4n) is 2.74. The lowest BCUT2D eigenvalue weighted by molar-refractivity contribution is -0.136. The van der Waals surface area contributed by atoms with Crippen molar-refractivity contribution in [2.75, 3.05) is 27.2 Å². The van der Waals surface area contributed by atoms with E-state index in [9.17, 15) is 9.90 Å². The van der Waals surface area contributed by atoms with Crippen LogP contribution in [-0.4, -0.2) is 63.4 Å². The number of amides is 1. The fourth-order valence-corrected chi connectivity index (χ4v) is 2.74. The van der Waals surface area contributed by atoms with Gasteiger partial charge in [-0.1, -0.05) is 0 Å². The Morgan fingerprint density at radius 3 is 2.90 bits per heavy atom. The molecule has 1 N–H and O–H groups in total. The van der Waals surface area contributed by atoms with Gasteiger partial charge >= 0.3 is 0 Å². The minimum Gasteiger partial charge on any atom is -0.388 e. The molecule has 1 aliphatic heterocycles. The Balaban J connectivity index is 1.95. The minimum absolute atomic E-state index is 0.0178. The van der Waals surface area contributed by atoms with Gasteiger partial charge in [0.1, 0.15) is 0 Å². The van der Waals surface area contributed by atoms with Crippen LogP contribution in [0, 0.1) is 0 Å². The van der Waals surface area contributed by atoms with E-state index in [4.69, 9.17) is 0 Å². The highest BCUT2D eigenvalue weighted by Gasteiger charge is 2.35. The summed E-state index contributed by atoms with van der Waals surface area (Å²) in [6.45, 7) is 2.27. The molecule has 1 amide bonds. The number of rotatable bonds is 4. The number of nitrogens with zero attached hydrogens (tertiary/aromatic N) is 4. The highest BCUT2D eigenvalue weighted by atomic mass is 16.3. The van der Waals surface area contributed by atoms with Gasteiger partial charge in [-0.25, -0.2) is 0 Å². The van der Waals surface area contributed by atoms with E-state index < -0.39 is 5.60 Å². The number of piperidine rings is 1. The van der Waals surface area contributed by atoms with Gasteiger partial charge in [0.05, 0.1) is 18.2 Å². The van der Waals surface area contributed by atoms with Gasteiger partial charge in [0, 0.05) is 46.0 Å². The number of carbonyl (C=O) groups is 1. The molecule has 20 heavy (non-hydrogen) atoms. The molecule has 0 aliphatic carbocycles. The van der Waals surface area contributed by atoms with Gasteiger partial charge < -0.3 is 10.0 Å². The Morgan fingerprint density at radius 2 is 2.30 bits per heavy atom. The standard InChI is InChI=1S/C14H24N4O2/c1-16(2)13(19)7-14(20)5-4-6-18(11-14)10-12-8-15-17(3)9-12/h8-9,20H,4-7,10-11H2,1-3H3. The average molecular weight is 280 g/mol. The molecule has 0 bridgehead atoms. The minimum atomic E-state index is -0.901. The summed E-state index contributed by atoms with van der Waals surface area (Å²) in [5.41, 5.74) is 0.234. The third-order valence-electron chi connectivity index (χ3n) is 3.78. The third-order valence-corrected chi connectivity index (χ3v) is 3.78. The summed E-state index contributed by atoms with van der Waals surface area (Å²) >= 11 is 0. The molecule has 6 nitrogen and oxygen atoms in total. The van der Waals surface area contributed by atoms with Gasteiger partial charge in [-0.05, 0) is 19.4 Å². The molecule has 112 valence electrons. The Kier molecular flexibility index (Phi) is 4.45. The maximum Gasteiger partial charge on any atom is 0.224 e. The van der Waals surface area contributed by atoms with Crippen molar-refractivity contribution in [1.82, 2.24) is 19.6 Å². The van der Waals surface area contributed by atoms with Crippen molar-refractivity contribution in [2.24, 2.45) is 7.05 Å². The Hall–Kier alpha value is -1.40. The van der Waals surface area contributed by atoms with Crippen molar-refractivity contribution in [3.63, 3.8) is 0 Å². The molecule has 1 aliphatic rings. The molecule has 0 saturated carbocycles. The Bertz CT molecular complexity index is 471. The molecule has 1 fully saturated rings. The predicted octanol–water partition coefficient (Wildman–Crippen LogP) is 0.225. The SMILES string of the molecule is CN(C)C(=O)CC1(O)CCCN(Cc2cnn(C)c2)C1. The van der Waals surface area contributed by atoms with Crippen molar-refractivity contribution in [1.29, 1.82) is 0 Å². The van der Waals surface area contributed by atoms with Crippen molar-refractivity contribution in [3.8, 4) is 0 Å². The summed E-state index contributed by atoms with van der Waals surface area (Å²) in [7, 11) is 5.34. The van der Waals surface area contributed by atoms with E-state index in [1.165, 1.54) is 4.90 Å². The highest BCUT2D eigenvalue weighted by Crippen LogP contribution is 2.26. The van der Waals surface area contributed by atoms with Crippen molar-refractivity contribution in [2.45, 2.75) is 31.4 Å². The second-order valence-corrected chi connectivity index (χ2v) is 6.03. The van der Waals surface area contributed by atoms with Gasteiger partial charge in [-0.2, -0.15) is 5.10 Å². The zero-order valence-electron chi connectivity index (χ0n) is 12.5. The molecule has 6 heteroatoms. The molecule has 1 unspecified atom stereocenters. The number of carbonyl (C=O) groups excluding carboxylic acids is 1. The number of β-amino-alcohol motifs (C(OH)–C–C–N with tert-alkyl or cyclic N) is 1. The van der Waals surface area contributed by atoms with Gasteiger partial charge in [-0.15, -0.1) is 0 Å². The third kappa shape index (κ3) is 3.80. The van der Waals surface area contributed by atoms with Gasteiger partial charge in [0.25, 0.3) is 0 Å². The Labute approximate surface area is 120 Å². The monoisotopic (exact) mass is 280 g/mol. The fraction of sp³-hybridized carbons (Fsp3) is 0.714. The first kappa shape index (κ1) is 15.0. The lowest BCUT2D eigenvalue weighted by Gasteiger charge is -2.39. The summed E-state index contributed by atoms with van der Waals surface area (Å²) in [5.74, 6) is -0.0178. The van der Waals surface area contributed by atoms with Crippen LogP contribution in [0.5, 0.6) is 0 Å². The molecule has 1 aromatic rings. The van der Waals surface area contributed by atoms with Crippen molar-refractivity contribution in [3.05, 3.63) is 18.0 Å². The summed E-state index contributed by atoms with van der Waals surface area (Å²) in [6.07, 6.45) is 5.63. The van der Waals surface area contributed by atoms with Crippen molar-refractivity contribution < 1.29 is 9.90 Å². The number of aliphatic hydroxyl groups is 1. The lowest BCUT2D eigenvalue weighted by atomic mass is 9.89. The molecule has 0 aromatic carbocycles. The van der Waals surface area contributed by atoms with Crippen LogP contribution >= 0.6 is 0 Å². The number of hydrogen-bond donors (Lipinski definition) is 1. The van der Waals surface area contributed by atoms with Gasteiger partial charge in [-0.3, -0.25) is 14.4 Å². The molecule has 1 atom stereocenters. The smallest absolute Gasteiger partial charge is 0.224 e. The first-order valence-electron chi connectivity index (χ1n) is 7.00. The maximum absolute atomic E-state index is 11.8. The molecule has 1 aromatic heterocycles. The van der Waals surface area contributed by atoms with E-state index in [2.05, 4.69) is 10.00 Å². The van der Waals surface area contributed by atoms with Crippen LogP contribution in [0.1, 0.15) is 24.8 Å². The van der Waals surface area contributed by atoms with Gasteiger partial charge in [0.15, 0.2) is 0 Å². The van der Waals surface area contributed by atoms with Crippen molar-refractivity contribution >= 4 is 5.91 Å². The van der Waals surface area contributed by atoms with E-state index in [-0.39, 0.29) is 12.3 Å². The molecule has 1 saturated heterocycles. The van der Waals surface area contributed by atoms with E-state index in [1.54, 1.807) is 18.8 Å². The maximum atomic E-state index is 11.8. The van der Waals surface area contributed by atoms with Crippen LogP contribution < -0.4 is 0 Å². The lowest BCUT2D eigenvalue weighted by Crippen LogP contribution is -2.50. The van der Waals surface area contributed by atoms with Crippen LogP contribution in [-0.2, 0) is 18.4 Å². The van der Waals surface area contributed by atoms with E-state index in [1.807, 2.05) is 19.4 Å². The zero-order valence-corrected chi connectivity index (χ0v) is 12.5. The molecular formula is C14H24N4O2. The van der Waals surface area contributed by atoms with E-state index >= 15 is 0 Å². The number of likely N-dealkylation sites (tertiary alicyclic amines) is 1. The number of aryl methyl sites for hydroxylation is 1. The summed E-state index contributed by atoms with van der Waals surface area (Å²) in [5, 5.41) is 14.8. The second-order valence-electron chi connectivity index (χ2n) is 6.03. The predicted molar refractivity (Wildman–Crippen MR) is 76.0 cm³/mol. The zero-order chi connectivity index (χ0) is 14.8. The molecule has 0 radical (unpaired) electrons. The number of hydrogen-bond acceptors (Lipinski definition) is 4. The average Bonchev–Trinajstić information content (AvgIpc) is 2.74.